The Kier molecular flexibility index (Phi) is 3.33. The summed E-state index contributed by atoms with van der Waals surface area (Å²) < 4.78 is 16.5. The van der Waals surface area contributed by atoms with Gasteiger partial charge in [-0.05, 0) is 0 Å². The third kappa shape index (κ3) is 2.16. The van der Waals surface area contributed by atoms with Gasteiger partial charge < -0.3 is 19.0 Å². The lowest BCUT2D eigenvalue weighted by atomic mass is 10.1. The molecule has 0 saturated carbocycles. The Hall–Kier alpha value is -0.960. The molecule has 0 N–H and O–H groups in total. The predicted octanol–water partition coefficient (Wildman–Crippen LogP) is -0.938. The summed E-state index contributed by atoms with van der Waals surface area (Å²) in [5.74, 6) is 0. The number of morpholine rings is 1. The zero-order valence-corrected chi connectivity index (χ0v) is 9.90. The highest BCUT2D eigenvalue weighted by Gasteiger charge is 2.51. The topological polar surface area (TPSA) is 83.3 Å². The smallest absolute Gasteiger partial charge is 0.294 e. The van der Waals surface area contributed by atoms with Gasteiger partial charge in [0.2, 0.25) is 0 Å². The summed E-state index contributed by atoms with van der Waals surface area (Å²) in [6.45, 7) is 3.87. The molecule has 3 aliphatic rings. The summed E-state index contributed by atoms with van der Waals surface area (Å²) in [5, 5.41) is 9.60. The molecule has 0 spiro atoms. The first-order valence-electron chi connectivity index (χ1n) is 6.12. The minimum Gasteiger partial charge on any atom is -0.379 e. The Morgan fingerprint density at radius 2 is 1.89 bits per heavy atom. The van der Waals surface area contributed by atoms with Gasteiger partial charge in [-0.15, -0.1) is 10.1 Å². The number of hydrogen-bond acceptors (Lipinski definition) is 7. The van der Waals surface area contributed by atoms with Crippen molar-refractivity contribution < 1.29 is 24.1 Å². The lowest BCUT2D eigenvalue weighted by Gasteiger charge is -2.33. The first-order chi connectivity index (χ1) is 8.75. The van der Waals surface area contributed by atoms with Crippen LogP contribution in [0.3, 0.4) is 0 Å². The van der Waals surface area contributed by atoms with Crippen LogP contribution in [-0.2, 0) is 19.0 Å². The molecule has 3 heterocycles. The van der Waals surface area contributed by atoms with Crippen LogP contribution in [0.2, 0.25) is 0 Å². The number of nitrogens with zero attached hydrogens (tertiary/aromatic N) is 2. The minimum atomic E-state index is -0.776. The summed E-state index contributed by atoms with van der Waals surface area (Å²) in [6, 6.07) is 0.152. The Morgan fingerprint density at radius 1 is 1.17 bits per heavy atom. The van der Waals surface area contributed by atoms with Gasteiger partial charge in [0.25, 0.3) is 5.09 Å². The minimum absolute atomic E-state index is 0.131. The number of hydrogen-bond donors (Lipinski definition) is 0. The van der Waals surface area contributed by atoms with Crippen molar-refractivity contribution in [2.75, 3.05) is 39.5 Å². The van der Waals surface area contributed by atoms with E-state index in [1.807, 2.05) is 0 Å². The van der Waals surface area contributed by atoms with Crippen molar-refractivity contribution >= 4 is 0 Å². The number of rotatable bonds is 3. The van der Waals surface area contributed by atoms with Crippen LogP contribution in [0, 0.1) is 10.1 Å². The molecule has 0 amide bonds. The van der Waals surface area contributed by atoms with Gasteiger partial charge in [0.1, 0.15) is 12.2 Å². The molecule has 18 heavy (non-hydrogen) atoms. The van der Waals surface area contributed by atoms with Gasteiger partial charge in [-0.3, -0.25) is 4.90 Å². The maximum Gasteiger partial charge on any atom is 0.294 e. The highest BCUT2D eigenvalue weighted by molar-refractivity contribution is 4.99. The Morgan fingerprint density at radius 3 is 2.61 bits per heavy atom. The molecule has 0 aromatic rings. The standard InChI is InChI=1S/C10H16N2O6/c13-12(14)18-8-6-17-9-7(5-16-10(8)9)11-1-3-15-4-2-11/h7-10H,1-6H2/t7-,8-,9+,10+/m0/s1. The predicted molar refractivity (Wildman–Crippen MR) is 57.5 cm³/mol. The molecule has 102 valence electrons. The first-order valence-corrected chi connectivity index (χ1v) is 6.12. The van der Waals surface area contributed by atoms with Crippen LogP contribution in [-0.4, -0.2) is 73.9 Å². The summed E-state index contributed by atoms with van der Waals surface area (Å²) in [6.07, 6.45) is -1.06. The monoisotopic (exact) mass is 260 g/mol. The van der Waals surface area contributed by atoms with Gasteiger partial charge in [-0.2, -0.15) is 0 Å². The van der Waals surface area contributed by atoms with E-state index in [1.54, 1.807) is 0 Å². The van der Waals surface area contributed by atoms with E-state index in [-0.39, 0.29) is 24.9 Å². The number of fused-ring (bicyclic) bond motifs is 1. The van der Waals surface area contributed by atoms with Gasteiger partial charge in [0.15, 0.2) is 6.10 Å². The third-order valence-corrected chi connectivity index (χ3v) is 3.72. The Bertz CT molecular complexity index is 321. The van der Waals surface area contributed by atoms with Gasteiger partial charge in [-0.1, -0.05) is 0 Å². The van der Waals surface area contributed by atoms with Crippen molar-refractivity contribution in [2.24, 2.45) is 0 Å². The van der Waals surface area contributed by atoms with Crippen LogP contribution < -0.4 is 0 Å². The molecule has 3 fully saturated rings. The van der Waals surface area contributed by atoms with E-state index in [2.05, 4.69) is 9.74 Å². The lowest BCUT2D eigenvalue weighted by Crippen LogP contribution is -2.49. The fourth-order valence-electron chi connectivity index (χ4n) is 2.87. The van der Waals surface area contributed by atoms with E-state index in [9.17, 15) is 10.1 Å². The third-order valence-electron chi connectivity index (χ3n) is 3.72. The van der Waals surface area contributed by atoms with Crippen molar-refractivity contribution in [1.29, 1.82) is 0 Å². The second-order valence-corrected chi connectivity index (χ2v) is 4.68. The van der Waals surface area contributed by atoms with Gasteiger partial charge >= 0.3 is 0 Å². The lowest BCUT2D eigenvalue weighted by molar-refractivity contribution is -0.769. The number of ether oxygens (including phenoxy) is 3. The Labute approximate surface area is 104 Å². The first kappa shape index (κ1) is 12.1. The SMILES string of the molecule is O=[N+]([O-])O[C@H]1CO[C@H]2[C@@H]1OC[C@@H]2N1CCOCC1. The van der Waals surface area contributed by atoms with Crippen LogP contribution in [0.1, 0.15) is 0 Å². The highest BCUT2D eigenvalue weighted by Crippen LogP contribution is 2.31. The van der Waals surface area contributed by atoms with Crippen LogP contribution in [0.15, 0.2) is 0 Å². The summed E-state index contributed by atoms with van der Waals surface area (Å²) in [7, 11) is 0. The second kappa shape index (κ2) is 4.96. The molecule has 0 aromatic heterocycles. The van der Waals surface area contributed by atoms with Crippen molar-refractivity contribution in [3.8, 4) is 0 Å². The molecule has 0 unspecified atom stereocenters. The second-order valence-electron chi connectivity index (χ2n) is 4.68. The molecule has 3 saturated heterocycles. The maximum atomic E-state index is 10.4. The molecular formula is C10H16N2O6. The molecule has 8 nitrogen and oxygen atoms in total. The highest BCUT2D eigenvalue weighted by atomic mass is 17.0. The van der Waals surface area contributed by atoms with Gasteiger partial charge in [-0.25, -0.2) is 0 Å². The van der Waals surface area contributed by atoms with E-state index < -0.39 is 11.2 Å². The molecule has 3 rings (SSSR count). The average Bonchev–Trinajstić information content (AvgIpc) is 2.93. The van der Waals surface area contributed by atoms with E-state index in [0.29, 0.717) is 19.8 Å². The van der Waals surface area contributed by atoms with Crippen molar-refractivity contribution in [3.05, 3.63) is 10.1 Å². The summed E-state index contributed by atoms with van der Waals surface area (Å²) in [4.78, 5) is 17.2. The molecule has 0 aliphatic carbocycles. The molecule has 8 heteroatoms. The average molecular weight is 260 g/mol. The largest absolute Gasteiger partial charge is 0.379 e. The van der Waals surface area contributed by atoms with E-state index in [4.69, 9.17) is 14.2 Å². The van der Waals surface area contributed by atoms with E-state index >= 15 is 0 Å². The molecule has 0 radical (unpaired) electrons. The quantitative estimate of drug-likeness (QED) is 0.478. The normalized spacial score (nSPS) is 40.7. The molecule has 0 bridgehead atoms. The van der Waals surface area contributed by atoms with Crippen LogP contribution >= 0.6 is 0 Å². The van der Waals surface area contributed by atoms with Crippen molar-refractivity contribution in [3.63, 3.8) is 0 Å². The summed E-state index contributed by atoms with van der Waals surface area (Å²) >= 11 is 0. The van der Waals surface area contributed by atoms with Crippen LogP contribution in [0.5, 0.6) is 0 Å². The maximum absolute atomic E-state index is 10.4. The van der Waals surface area contributed by atoms with Gasteiger partial charge in [0.05, 0.1) is 32.5 Å². The fourth-order valence-corrected chi connectivity index (χ4v) is 2.87. The molecule has 3 aliphatic heterocycles. The van der Waals surface area contributed by atoms with Crippen molar-refractivity contribution in [1.82, 2.24) is 4.90 Å². The van der Waals surface area contributed by atoms with Crippen LogP contribution in [0.4, 0.5) is 0 Å². The van der Waals surface area contributed by atoms with E-state index in [0.717, 1.165) is 13.1 Å². The van der Waals surface area contributed by atoms with Crippen LogP contribution in [0.25, 0.3) is 0 Å². The molecule has 0 aromatic carbocycles. The van der Waals surface area contributed by atoms with E-state index in [1.165, 1.54) is 0 Å². The Balaban J connectivity index is 1.62. The fraction of sp³-hybridized carbons (Fsp3) is 1.00. The summed E-state index contributed by atoms with van der Waals surface area (Å²) in [5.41, 5.74) is 0. The zero-order valence-electron chi connectivity index (χ0n) is 9.90. The molecule has 4 atom stereocenters. The zero-order chi connectivity index (χ0) is 12.5. The molecular weight excluding hydrogens is 244 g/mol. The van der Waals surface area contributed by atoms with Crippen molar-refractivity contribution in [2.45, 2.75) is 24.4 Å². The van der Waals surface area contributed by atoms with Gasteiger partial charge in [0, 0.05) is 13.1 Å².